The Morgan fingerprint density at radius 1 is 1.18 bits per heavy atom. The number of carbonyl (C=O) groups excluding carboxylic acids is 1. The van der Waals surface area contributed by atoms with Crippen LogP contribution in [0.5, 0.6) is 0 Å². The predicted molar refractivity (Wildman–Crippen MR) is 105 cm³/mol. The number of hydrogen-bond donors (Lipinski definition) is 1. The number of carbonyl (C=O) groups is 1. The van der Waals surface area contributed by atoms with E-state index in [0.29, 0.717) is 5.56 Å². The lowest BCUT2D eigenvalue weighted by Crippen LogP contribution is -2.56. The van der Waals surface area contributed by atoms with Crippen molar-refractivity contribution < 1.29 is 4.79 Å². The van der Waals surface area contributed by atoms with Crippen molar-refractivity contribution in [2.75, 3.05) is 18.0 Å². The third-order valence-corrected chi connectivity index (χ3v) is 5.88. The number of piperazine rings is 1. The molecule has 1 aromatic carbocycles. The van der Waals surface area contributed by atoms with Crippen LogP contribution in [-0.2, 0) is 11.2 Å². The van der Waals surface area contributed by atoms with E-state index in [1.165, 1.54) is 0 Å². The molecule has 1 N–H and O–H groups in total. The van der Waals surface area contributed by atoms with Crippen LogP contribution in [0.1, 0.15) is 24.0 Å². The maximum absolute atomic E-state index is 13.1. The van der Waals surface area contributed by atoms with Crippen LogP contribution < -0.4 is 4.90 Å². The summed E-state index contributed by atoms with van der Waals surface area (Å²) in [5.41, 5.74) is 2.23. The lowest BCUT2D eigenvalue weighted by Gasteiger charge is -2.41. The quantitative estimate of drug-likeness (QED) is 0.762. The summed E-state index contributed by atoms with van der Waals surface area (Å²) < 4.78 is 0. The van der Waals surface area contributed by atoms with Gasteiger partial charge < -0.3 is 14.8 Å². The van der Waals surface area contributed by atoms with Gasteiger partial charge in [-0.15, -0.1) is 0 Å². The highest BCUT2D eigenvalue weighted by Crippen LogP contribution is 2.34. The first-order chi connectivity index (χ1) is 13.7. The van der Waals surface area contributed by atoms with Crippen molar-refractivity contribution in [1.29, 1.82) is 5.26 Å². The Hall–Kier alpha value is -3.40. The monoisotopic (exact) mass is 372 g/mol. The number of anilines is 1. The molecule has 2 aromatic heterocycles. The molecule has 2 atom stereocenters. The molecule has 0 saturated carbocycles. The largest absolute Gasteiger partial charge is 0.352 e. The molecule has 2 bridgehead atoms. The van der Waals surface area contributed by atoms with E-state index in [0.717, 1.165) is 48.3 Å². The molecular formula is C21H20N6O. The van der Waals surface area contributed by atoms with Gasteiger partial charge in [-0.25, -0.2) is 9.97 Å². The van der Waals surface area contributed by atoms with E-state index in [1.807, 2.05) is 30.5 Å². The highest BCUT2D eigenvalue weighted by molar-refractivity contribution is 5.87. The van der Waals surface area contributed by atoms with E-state index in [-0.39, 0.29) is 24.4 Å². The number of hydrogen-bond acceptors (Lipinski definition) is 5. The van der Waals surface area contributed by atoms with Crippen LogP contribution in [0, 0.1) is 11.3 Å². The lowest BCUT2D eigenvalue weighted by atomic mass is 10.0. The Bertz CT molecular complexity index is 1070. The lowest BCUT2D eigenvalue weighted by molar-refractivity contribution is -0.133. The van der Waals surface area contributed by atoms with Crippen molar-refractivity contribution in [3.63, 3.8) is 0 Å². The van der Waals surface area contributed by atoms with Crippen LogP contribution in [0.3, 0.4) is 0 Å². The number of amides is 1. The molecule has 140 valence electrons. The number of rotatable bonds is 3. The summed E-state index contributed by atoms with van der Waals surface area (Å²) in [6.07, 6.45) is 5.77. The second-order valence-corrected chi connectivity index (χ2v) is 7.47. The molecule has 0 aliphatic carbocycles. The number of nitrogens with zero attached hydrogens (tertiary/aromatic N) is 5. The molecule has 3 aromatic rings. The Morgan fingerprint density at radius 3 is 2.75 bits per heavy atom. The van der Waals surface area contributed by atoms with E-state index in [9.17, 15) is 10.1 Å². The van der Waals surface area contributed by atoms with Gasteiger partial charge in [0.1, 0.15) is 17.8 Å². The minimum atomic E-state index is 0.115. The second-order valence-electron chi connectivity index (χ2n) is 7.47. The number of aromatic nitrogens is 3. The third-order valence-electron chi connectivity index (χ3n) is 5.88. The summed E-state index contributed by atoms with van der Waals surface area (Å²) in [6.45, 7) is 1.55. The SMILES string of the molecule is N#Cc1ccccc1CC(=O)N1C2CCC1CN(c1ncnc3[nH]ccc13)C2. The molecule has 7 heteroatoms. The molecule has 1 amide bonds. The van der Waals surface area contributed by atoms with Crippen LogP contribution in [0.15, 0.2) is 42.9 Å². The Morgan fingerprint density at radius 2 is 1.96 bits per heavy atom. The number of nitrogens with one attached hydrogen (secondary N) is 1. The Kier molecular flexibility index (Phi) is 3.97. The number of fused-ring (bicyclic) bond motifs is 3. The highest BCUT2D eigenvalue weighted by Gasteiger charge is 2.43. The van der Waals surface area contributed by atoms with Crippen molar-refractivity contribution in [3.8, 4) is 6.07 Å². The summed E-state index contributed by atoms with van der Waals surface area (Å²) >= 11 is 0. The first-order valence-corrected chi connectivity index (χ1v) is 9.57. The van der Waals surface area contributed by atoms with Gasteiger partial charge in [-0.05, 0) is 30.5 Å². The summed E-state index contributed by atoms with van der Waals surface area (Å²) in [4.78, 5) is 29.3. The normalized spacial score (nSPS) is 21.1. The van der Waals surface area contributed by atoms with E-state index < -0.39 is 0 Å². The van der Waals surface area contributed by atoms with Gasteiger partial charge >= 0.3 is 0 Å². The van der Waals surface area contributed by atoms with E-state index in [2.05, 4.69) is 30.8 Å². The number of H-pyrrole nitrogens is 1. The van der Waals surface area contributed by atoms with Crippen LogP contribution >= 0.6 is 0 Å². The van der Waals surface area contributed by atoms with Crippen LogP contribution in [0.25, 0.3) is 11.0 Å². The van der Waals surface area contributed by atoms with Gasteiger partial charge in [-0.3, -0.25) is 4.79 Å². The van der Waals surface area contributed by atoms with Gasteiger partial charge in [0.15, 0.2) is 0 Å². The van der Waals surface area contributed by atoms with Crippen LogP contribution in [-0.4, -0.2) is 50.9 Å². The predicted octanol–water partition coefficient (Wildman–Crippen LogP) is 2.25. The minimum Gasteiger partial charge on any atom is -0.352 e. The van der Waals surface area contributed by atoms with Crippen molar-refractivity contribution in [3.05, 3.63) is 54.0 Å². The fourth-order valence-electron chi connectivity index (χ4n) is 4.63. The molecule has 28 heavy (non-hydrogen) atoms. The van der Waals surface area contributed by atoms with Crippen molar-refractivity contribution in [1.82, 2.24) is 19.9 Å². The molecule has 2 aliphatic heterocycles. The average molecular weight is 372 g/mol. The zero-order valence-electron chi connectivity index (χ0n) is 15.4. The molecule has 4 heterocycles. The molecule has 5 rings (SSSR count). The fourth-order valence-corrected chi connectivity index (χ4v) is 4.63. The number of nitriles is 1. The molecule has 2 aliphatic rings. The summed E-state index contributed by atoms with van der Waals surface area (Å²) in [6, 6.07) is 11.9. The number of aromatic amines is 1. The van der Waals surface area contributed by atoms with Gasteiger partial charge in [0, 0.05) is 31.4 Å². The standard InChI is InChI=1S/C21H20N6O/c22-10-15-4-2-1-3-14(15)9-19(28)27-16-5-6-17(27)12-26(11-16)21-18-7-8-23-20(18)24-13-25-21/h1-4,7-8,13,16-17H,5-6,9,11-12H2,(H,23,24,25). The first-order valence-electron chi connectivity index (χ1n) is 9.57. The van der Waals surface area contributed by atoms with Crippen LogP contribution in [0.2, 0.25) is 0 Å². The highest BCUT2D eigenvalue weighted by atomic mass is 16.2. The Labute approximate surface area is 162 Å². The minimum absolute atomic E-state index is 0.115. The molecule has 2 saturated heterocycles. The molecule has 2 unspecified atom stereocenters. The topological polar surface area (TPSA) is 88.9 Å². The maximum Gasteiger partial charge on any atom is 0.227 e. The van der Waals surface area contributed by atoms with Gasteiger partial charge in [-0.2, -0.15) is 5.26 Å². The van der Waals surface area contributed by atoms with Crippen molar-refractivity contribution in [2.24, 2.45) is 0 Å². The summed E-state index contributed by atoms with van der Waals surface area (Å²) in [7, 11) is 0. The maximum atomic E-state index is 13.1. The molecule has 2 fully saturated rings. The van der Waals surface area contributed by atoms with E-state index in [4.69, 9.17) is 0 Å². The van der Waals surface area contributed by atoms with E-state index >= 15 is 0 Å². The summed E-state index contributed by atoms with van der Waals surface area (Å²) in [5, 5.41) is 10.3. The Balaban J connectivity index is 1.37. The zero-order chi connectivity index (χ0) is 19.1. The third kappa shape index (κ3) is 2.69. The summed E-state index contributed by atoms with van der Waals surface area (Å²) in [5.74, 6) is 1.05. The van der Waals surface area contributed by atoms with Gasteiger partial charge in [0.05, 0.1) is 23.4 Å². The first kappa shape index (κ1) is 16.8. The van der Waals surface area contributed by atoms with Crippen LogP contribution in [0.4, 0.5) is 5.82 Å². The van der Waals surface area contributed by atoms with E-state index in [1.54, 1.807) is 12.4 Å². The fraction of sp³-hybridized carbons (Fsp3) is 0.333. The average Bonchev–Trinajstić information content (AvgIpc) is 3.30. The van der Waals surface area contributed by atoms with Crippen molar-refractivity contribution in [2.45, 2.75) is 31.3 Å². The second kappa shape index (κ2) is 6.64. The van der Waals surface area contributed by atoms with Gasteiger partial charge in [-0.1, -0.05) is 18.2 Å². The van der Waals surface area contributed by atoms with Gasteiger partial charge in [0.25, 0.3) is 0 Å². The molecule has 0 spiro atoms. The molecule has 7 nitrogen and oxygen atoms in total. The number of benzene rings is 1. The molecular weight excluding hydrogens is 352 g/mol. The van der Waals surface area contributed by atoms with Gasteiger partial charge in [0.2, 0.25) is 5.91 Å². The van der Waals surface area contributed by atoms with Crippen molar-refractivity contribution >= 4 is 22.8 Å². The zero-order valence-corrected chi connectivity index (χ0v) is 15.4. The molecule has 0 radical (unpaired) electrons. The smallest absolute Gasteiger partial charge is 0.227 e.